The minimum atomic E-state index is 0.104. The average molecular weight is 146 g/mol. The molecule has 1 atom stereocenters. The summed E-state index contributed by atoms with van der Waals surface area (Å²) >= 11 is 0. The van der Waals surface area contributed by atoms with Crippen molar-refractivity contribution in [1.29, 1.82) is 0 Å². The number of hydrogen-bond donors (Lipinski definition) is 1. The van der Waals surface area contributed by atoms with E-state index in [-0.39, 0.29) is 12.7 Å². The fraction of sp³-hybridized carbons (Fsp3) is 1.00. The van der Waals surface area contributed by atoms with Crippen LogP contribution in [0.5, 0.6) is 0 Å². The van der Waals surface area contributed by atoms with E-state index in [0.717, 1.165) is 19.4 Å². The van der Waals surface area contributed by atoms with E-state index in [2.05, 4.69) is 0 Å². The average Bonchev–Trinajstić information content (AvgIpc) is 2.41. The highest BCUT2D eigenvalue weighted by atomic mass is 16.5. The maximum absolute atomic E-state index is 8.37. The Labute approximate surface area is 60.9 Å². The van der Waals surface area contributed by atoms with Crippen molar-refractivity contribution in [2.45, 2.75) is 18.9 Å². The molecule has 1 N–H and O–H groups in total. The van der Waals surface area contributed by atoms with Gasteiger partial charge in [0.05, 0.1) is 25.9 Å². The molecule has 0 spiro atoms. The number of rotatable bonds is 4. The summed E-state index contributed by atoms with van der Waals surface area (Å²) in [6, 6.07) is 0. The standard InChI is InChI=1S/C7H14O3/c8-3-5-9-6-7-2-1-4-10-7/h7-8H,1-6H2/t7-/m0/s1. The van der Waals surface area contributed by atoms with Crippen LogP contribution in [-0.4, -0.2) is 37.6 Å². The molecular formula is C7H14O3. The summed E-state index contributed by atoms with van der Waals surface area (Å²) < 4.78 is 10.4. The van der Waals surface area contributed by atoms with Crippen LogP contribution in [0.3, 0.4) is 0 Å². The predicted molar refractivity (Wildman–Crippen MR) is 36.9 cm³/mol. The van der Waals surface area contributed by atoms with Gasteiger partial charge in [-0.1, -0.05) is 0 Å². The molecule has 0 saturated carbocycles. The van der Waals surface area contributed by atoms with Crippen LogP contribution in [0.4, 0.5) is 0 Å². The lowest BCUT2D eigenvalue weighted by molar-refractivity contribution is 0.00603. The second-order valence-corrected chi connectivity index (χ2v) is 2.43. The molecule has 0 aliphatic carbocycles. The Morgan fingerprint density at radius 1 is 1.60 bits per heavy atom. The number of ether oxygens (including phenoxy) is 2. The molecule has 0 aromatic carbocycles. The molecule has 3 heteroatoms. The van der Waals surface area contributed by atoms with Gasteiger partial charge in [-0.25, -0.2) is 0 Å². The van der Waals surface area contributed by atoms with Crippen molar-refractivity contribution in [1.82, 2.24) is 0 Å². The molecule has 3 nitrogen and oxygen atoms in total. The SMILES string of the molecule is OCCOC[C@@H]1CCCO1. The number of aliphatic hydroxyl groups is 1. The number of aliphatic hydroxyl groups excluding tert-OH is 1. The van der Waals surface area contributed by atoms with E-state index in [9.17, 15) is 0 Å². The first-order chi connectivity index (χ1) is 4.93. The minimum absolute atomic E-state index is 0.104. The molecule has 0 bridgehead atoms. The van der Waals surface area contributed by atoms with Crippen LogP contribution < -0.4 is 0 Å². The predicted octanol–water partition coefficient (Wildman–Crippen LogP) is 0.174. The van der Waals surface area contributed by atoms with Crippen LogP contribution in [0.25, 0.3) is 0 Å². The lowest BCUT2D eigenvalue weighted by Crippen LogP contribution is -2.15. The topological polar surface area (TPSA) is 38.7 Å². The highest BCUT2D eigenvalue weighted by Crippen LogP contribution is 2.11. The van der Waals surface area contributed by atoms with Gasteiger partial charge < -0.3 is 14.6 Å². The molecule has 0 amide bonds. The number of hydrogen-bond acceptors (Lipinski definition) is 3. The minimum Gasteiger partial charge on any atom is -0.394 e. The summed E-state index contributed by atoms with van der Waals surface area (Å²) in [5.41, 5.74) is 0. The monoisotopic (exact) mass is 146 g/mol. The van der Waals surface area contributed by atoms with Gasteiger partial charge in [0.25, 0.3) is 0 Å². The van der Waals surface area contributed by atoms with Crippen molar-refractivity contribution >= 4 is 0 Å². The van der Waals surface area contributed by atoms with E-state index in [1.807, 2.05) is 0 Å². The van der Waals surface area contributed by atoms with Crippen LogP contribution in [0.1, 0.15) is 12.8 Å². The van der Waals surface area contributed by atoms with Gasteiger partial charge in [-0.2, -0.15) is 0 Å². The highest BCUT2D eigenvalue weighted by molar-refractivity contribution is 4.62. The fourth-order valence-corrected chi connectivity index (χ4v) is 1.06. The lowest BCUT2D eigenvalue weighted by Gasteiger charge is -2.08. The molecule has 0 aromatic rings. The fourth-order valence-electron chi connectivity index (χ4n) is 1.06. The molecule has 0 aromatic heterocycles. The Hall–Kier alpha value is -0.120. The molecular weight excluding hydrogens is 132 g/mol. The molecule has 0 radical (unpaired) electrons. The Kier molecular flexibility index (Phi) is 3.72. The Morgan fingerprint density at radius 2 is 2.50 bits per heavy atom. The van der Waals surface area contributed by atoms with Crippen molar-refractivity contribution in [2.24, 2.45) is 0 Å². The van der Waals surface area contributed by atoms with E-state index in [1.54, 1.807) is 0 Å². The zero-order chi connectivity index (χ0) is 7.23. The van der Waals surface area contributed by atoms with Crippen molar-refractivity contribution in [3.8, 4) is 0 Å². The molecule has 10 heavy (non-hydrogen) atoms. The van der Waals surface area contributed by atoms with Gasteiger partial charge in [0.1, 0.15) is 0 Å². The highest BCUT2D eigenvalue weighted by Gasteiger charge is 2.14. The van der Waals surface area contributed by atoms with Gasteiger partial charge >= 0.3 is 0 Å². The summed E-state index contributed by atoms with van der Waals surface area (Å²) in [6.45, 7) is 2.04. The van der Waals surface area contributed by atoms with E-state index >= 15 is 0 Å². The summed E-state index contributed by atoms with van der Waals surface area (Å²) in [4.78, 5) is 0. The van der Waals surface area contributed by atoms with Gasteiger partial charge in [-0.3, -0.25) is 0 Å². The molecule has 1 aliphatic heterocycles. The van der Waals surface area contributed by atoms with Gasteiger partial charge in [-0.05, 0) is 12.8 Å². The second-order valence-electron chi connectivity index (χ2n) is 2.43. The summed E-state index contributed by atoms with van der Waals surface area (Å²) in [5, 5.41) is 8.37. The van der Waals surface area contributed by atoms with Crippen LogP contribution >= 0.6 is 0 Å². The lowest BCUT2D eigenvalue weighted by atomic mass is 10.2. The third kappa shape index (κ3) is 2.64. The summed E-state index contributed by atoms with van der Waals surface area (Å²) in [7, 11) is 0. The second kappa shape index (κ2) is 4.66. The van der Waals surface area contributed by atoms with E-state index in [0.29, 0.717) is 13.2 Å². The first-order valence-corrected chi connectivity index (χ1v) is 3.73. The third-order valence-electron chi connectivity index (χ3n) is 1.56. The van der Waals surface area contributed by atoms with Crippen molar-refractivity contribution in [2.75, 3.05) is 26.4 Å². The molecule has 1 rings (SSSR count). The molecule has 1 saturated heterocycles. The zero-order valence-electron chi connectivity index (χ0n) is 6.08. The largest absolute Gasteiger partial charge is 0.394 e. The van der Waals surface area contributed by atoms with Crippen LogP contribution in [-0.2, 0) is 9.47 Å². The smallest absolute Gasteiger partial charge is 0.0809 e. The van der Waals surface area contributed by atoms with Crippen molar-refractivity contribution < 1.29 is 14.6 Å². The summed E-state index contributed by atoms with van der Waals surface area (Å²) in [6.07, 6.45) is 2.53. The Morgan fingerprint density at radius 3 is 3.10 bits per heavy atom. The molecule has 60 valence electrons. The summed E-state index contributed by atoms with van der Waals surface area (Å²) in [5.74, 6) is 0. The maximum Gasteiger partial charge on any atom is 0.0809 e. The molecule has 1 aliphatic rings. The van der Waals surface area contributed by atoms with E-state index in [4.69, 9.17) is 14.6 Å². The quantitative estimate of drug-likeness (QED) is 0.575. The van der Waals surface area contributed by atoms with Gasteiger partial charge in [0.15, 0.2) is 0 Å². The van der Waals surface area contributed by atoms with Crippen LogP contribution in [0.15, 0.2) is 0 Å². The van der Waals surface area contributed by atoms with Gasteiger partial charge in [0, 0.05) is 6.61 Å². The first-order valence-electron chi connectivity index (χ1n) is 3.73. The Balaban J connectivity index is 1.91. The molecule has 1 heterocycles. The Bertz CT molecular complexity index is 78.9. The van der Waals surface area contributed by atoms with Crippen LogP contribution in [0, 0.1) is 0 Å². The normalized spacial score (nSPS) is 25.5. The maximum atomic E-state index is 8.37. The van der Waals surface area contributed by atoms with Crippen molar-refractivity contribution in [3.05, 3.63) is 0 Å². The third-order valence-corrected chi connectivity index (χ3v) is 1.56. The molecule has 1 fully saturated rings. The van der Waals surface area contributed by atoms with E-state index < -0.39 is 0 Å². The zero-order valence-corrected chi connectivity index (χ0v) is 6.08. The van der Waals surface area contributed by atoms with Gasteiger partial charge in [-0.15, -0.1) is 0 Å². The van der Waals surface area contributed by atoms with E-state index in [1.165, 1.54) is 0 Å². The molecule has 0 unspecified atom stereocenters. The first kappa shape index (κ1) is 7.98. The van der Waals surface area contributed by atoms with Gasteiger partial charge in [0.2, 0.25) is 0 Å². The van der Waals surface area contributed by atoms with Crippen molar-refractivity contribution in [3.63, 3.8) is 0 Å². The van der Waals surface area contributed by atoms with Crippen LogP contribution in [0.2, 0.25) is 0 Å².